The highest BCUT2D eigenvalue weighted by Crippen LogP contribution is 2.08. The molecule has 0 bridgehead atoms. The highest BCUT2D eigenvalue weighted by molar-refractivity contribution is 7.04. The first-order valence-corrected chi connectivity index (χ1v) is 5.66. The zero-order valence-corrected chi connectivity index (χ0v) is 9.34. The summed E-state index contributed by atoms with van der Waals surface area (Å²) >= 11 is 1.30. The summed E-state index contributed by atoms with van der Waals surface area (Å²) in [5, 5.41) is 1.71. The Hall–Kier alpha value is -0.900. The molecule has 0 aliphatic heterocycles. The number of Topliss-reactive ketones (excluding diaryl/α,β-unsaturated/α-hetero) is 1. The molecule has 1 atom stereocenters. The highest BCUT2D eigenvalue weighted by atomic mass is 32.1. The van der Waals surface area contributed by atoms with Gasteiger partial charge in [0, 0.05) is 17.4 Å². The molecule has 0 saturated heterocycles. The third-order valence-corrected chi connectivity index (χ3v) is 3.04. The van der Waals surface area contributed by atoms with Gasteiger partial charge in [-0.05, 0) is 6.42 Å². The summed E-state index contributed by atoms with van der Waals surface area (Å²) in [6, 6.07) is 1.49. The summed E-state index contributed by atoms with van der Waals surface area (Å²) in [4.78, 5) is 22.8. The first kappa shape index (κ1) is 11.2. The average Bonchev–Trinajstić information content (AvgIpc) is 2.52. The molecule has 1 heterocycles. The van der Waals surface area contributed by atoms with Gasteiger partial charge in [-0.3, -0.25) is 13.5 Å². The van der Waals surface area contributed by atoms with E-state index in [1.165, 1.54) is 21.6 Å². The van der Waals surface area contributed by atoms with E-state index in [1.54, 1.807) is 5.38 Å². The lowest BCUT2D eigenvalue weighted by molar-refractivity contribution is -0.123. The van der Waals surface area contributed by atoms with Crippen LogP contribution in [0.4, 0.5) is 0 Å². The second kappa shape index (κ2) is 5.10. The summed E-state index contributed by atoms with van der Waals surface area (Å²) in [6.45, 7) is 4.21. The Bertz CT molecular complexity index is 353. The molecule has 3 nitrogen and oxygen atoms in total. The zero-order chi connectivity index (χ0) is 10.6. The van der Waals surface area contributed by atoms with E-state index in [-0.39, 0.29) is 23.8 Å². The summed E-state index contributed by atoms with van der Waals surface area (Å²) in [7, 11) is 0. The molecule has 0 saturated carbocycles. The molecule has 0 N–H and O–H groups in total. The van der Waals surface area contributed by atoms with E-state index in [2.05, 4.69) is 6.92 Å². The van der Waals surface area contributed by atoms with E-state index in [1.807, 2.05) is 6.92 Å². The van der Waals surface area contributed by atoms with E-state index in [0.717, 1.165) is 12.8 Å². The molecule has 0 amide bonds. The van der Waals surface area contributed by atoms with E-state index < -0.39 is 0 Å². The Balaban J connectivity index is 2.57. The van der Waals surface area contributed by atoms with Crippen LogP contribution in [-0.2, 0) is 11.3 Å². The summed E-state index contributed by atoms with van der Waals surface area (Å²) in [6.07, 6.45) is 1.91. The van der Waals surface area contributed by atoms with Crippen molar-refractivity contribution in [1.82, 2.24) is 3.96 Å². The first-order valence-electron chi connectivity index (χ1n) is 4.82. The predicted molar refractivity (Wildman–Crippen MR) is 57.7 cm³/mol. The van der Waals surface area contributed by atoms with Crippen LogP contribution in [0.2, 0.25) is 0 Å². The van der Waals surface area contributed by atoms with Gasteiger partial charge in [0.15, 0.2) is 5.78 Å². The molecule has 4 heteroatoms. The Labute approximate surface area is 87.5 Å². The molecule has 1 unspecified atom stereocenters. The van der Waals surface area contributed by atoms with Gasteiger partial charge in [0.2, 0.25) is 0 Å². The van der Waals surface area contributed by atoms with Crippen LogP contribution in [0.15, 0.2) is 16.2 Å². The SMILES string of the molecule is CCCC(C)C(=O)Cn1sccc1=O. The normalized spacial score (nSPS) is 12.7. The maximum atomic E-state index is 11.6. The second-order valence-corrected chi connectivity index (χ2v) is 4.36. The van der Waals surface area contributed by atoms with Gasteiger partial charge in [-0.2, -0.15) is 0 Å². The molecule has 1 aromatic heterocycles. The molecule has 0 aromatic carbocycles. The van der Waals surface area contributed by atoms with Gasteiger partial charge >= 0.3 is 0 Å². The van der Waals surface area contributed by atoms with Crippen LogP contribution < -0.4 is 5.56 Å². The highest BCUT2D eigenvalue weighted by Gasteiger charge is 2.13. The van der Waals surface area contributed by atoms with E-state index >= 15 is 0 Å². The minimum absolute atomic E-state index is 0.0639. The van der Waals surface area contributed by atoms with Gasteiger partial charge in [0.1, 0.15) is 0 Å². The van der Waals surface area contributed by atoms with Crippen LogP contribution >= 0.6 is 11.5 Å². The molecule has 1 rings (SSSR count). The quantitative estimate of drug-likeness (QED) is 0.749. The van der Waals surface area contributed by atoms with Crippen molar-refractivity contribution in [1.29, 1.82) is 0 Å². The fourth-order valence-electron chi connectivity index (χ4n) is 1.30. The monoisotopic (exact) mass is 213 g/mol. The summed E-state index contributed by atoms with van der Waals surface area (Å²) in [5.41, 5.74) is -0.0768. The third-order valence-electron chi connectivity index (χ3n) is 2.22. The molecule has 14 heavy (non-hydrogen) atoms. The van der Waals surface area contributed by atoms with Crippen molar-refractivity contribution in [3.05, 3.63) is 21.8 Å². The molecule has 0 radical (unpaired) electrons. The topological polar surface area (TPSA) is 39.1 Å². The molecular weight excluding hydrogens is 198 g/mol. The number of aromatic nitrogens is 1. The number of rotatable bonds is 5. The summed E-state index contributed by atoms with van der Waals surface area (Å²) in [5.74, 6) is 0.213. The van der Waals surface area contributed by atoms with Crippen LogP contribution in [0.5, 0.6) is 0 Å². The fourth-order valence-corrected chi connectivity index (χ4v) is 1.99. The number of nitrogens with zero attached hydrogens (tertiary/aromatic N) is 1. The predicted octanol–water partition coefficient (Wildman–Crippen LogP) is 1.92. The third kappa shape index (κ3) is 2.80. The van der Waals surface area contributed by atoms with Crippen molar-refractivity contribution >= 4 is 17.3 Å². The van der Waals surface area contributed by atoms with Gasteiger partial charge in [-0.25, -0.2) is 0 Å². The number of carbonyl (C=O) groups excluding carboxylic acids is 1. The van der Waals surface area contributed by atoms with Crippen molar-refractivity contribution in [2.75, 3.05) is 0 Å². The Morgan fingerprint density at radius 2 is 2.36 bits per heavy atom. The van der Waals surface area contributed by atoms with Crippen LogP contribution in [0.1, 0.15) is 26.7 Å². The van der Waals surface area contributed by atoms with Crippen LogP contribution in [0.25, 0.3) is 0 Å². The van der Waals surface area contributed by atoms with Crippen LogP contribution in [0.3, 0.4) is 0 Å². The van der Waals surface area contributed by atoms with Crippen LogP contribution in [-0.4, -0.2) is 9.74 Å². The van der Waals surface area contributed by atoms with E-state index in [4.69, 9.17) is 0 Å². The number of hydrogen-bond acceptors (Lipinski definition) is 3. The molecule has 0 spiro atoms. The van der Waals surface area contributed by atoms with Crippen molar-refractivity contribution in [3.63, 3.8) is 0 Å². The molecule has 78 valence electrons. The van der Waals surface area contributed by atoms with Crippen molar-refractivity contribution in [3.8, 4) is 0 Å². The largest absolute Gasteiger partial charge is 0.297 e. The molecule has 0 fully saturated rings. The van der Waals surface area contributed by atoms with Crippen molar-refractivity contribution < 1.29 is 4.79 Å². The number of carbonyl (C=O) groups is 1. The Morgan fingerprint density at radius 1 is 1.64 bits per heavy atom. The minimum Gasteiger partial charge on any atom is -0.297 e. The second-order valence-electron chi connectivity index (χ2n) is 3.44. The van der Waals surface area contributed by atoms with E-state index in [0.29, 0.717) is 0 Å². The van der Waals surface area contributed by atoms with Gasteiger partial charge in [0.05, 0.1) is 6.54 Å². The minimum atomic E-state index is -0.0768. The van der Waals surface area contributed by atoms with Crippen molar-refractivity contribution in [2.45, 2.75) is 33.2 Å². The fraction of sp³-hybridized carbons (Fsp3) is 0.600. The van der Waals surface area contributed by atoms with Gasteiger partial charge in [0.25, 0.3) is 5.56 Å². The lowest BCUT2D eigenvalue weighted by atomic mass is 10.0. The lowest BCUT2D eigenvalue weighted by Crippen LogP contribution is -2.22. The average molecular weight is 213 g/mol. The van der Waals surface area contributed by atoms with Gasteiger partial charge < -0.3 is 0 Å². The van der Waals surface area contributed by atoms with E-state index in [9.17, 15) is 9.59 Å². The van der Waals surface area contributed by atoms with Gasteiger partial charge in [-0.15, -0.1) is 0 Å². The summed E-state index contributed by atoms with van der Waals surface area (Å²) < 4.78 is 1.49. The molecule has 0 aliphatic rings. The molecule has 1 aromatic rings. The maximum absolute atomic E-state index is 11.6. The van der Waals surface area contributed by atoms with Crippen LogP contribution in [0, 0.1) is 5.92 Å². The van der Waals surface area contributed by atoms with Gasteiger partial charge in [-0.1, -0.05) is 31.8 Å². The Morgan fingerprint density at radius 3 is 2.86 bits per heavy atom. The maximum Gasteiger partial charge on any atom is 0.260 e. The standard InChI is InChI=1S/C10H15NO2S/c1-3-4-8(2)9(12)7-11-10(13)5-6-14-11/h5-6,8H,3-4,7H2,1-2H3. The molecule has 0 aliphatic carbocycles. The number of ketones is 1. The zero-order valence-electron chi connectivity index (χ0n) is 8.53. The number of hydrogen-bond donors (Lipinski definition) is 0. The smallest absolute Gasteiger partial charge is 0.260 e. The first-order chi connectivity index (χ1) is 6.65. The molecular formula is C10H15NO2S. The Kier molecular flexibility index (Phi) is 4.07. The lowest BCUT2D eigenvalue weighted by Gasteiger charge is -2.07. The van der Waals surface area contributed by atoms with Crippen molar-refractivity contribution in [2.24, 2.45) is 5.92 Å².